The van der Waals surface area contributed by atoms with Gasteiger partial charge in [-0.05, 0) is 49.6 Å². The Bertz CT molecular complexity index is 309. The fraction of sp³-hybridized carbons (Fsp3) is 0.455. The summed E-state index contributed by atoms with van der Waals surface area (Å²) >= 11 is 5.96. The maximum absolute atomic E-state index is 5.96. The summed E-state index contributed by atoms with van der Waals surface area (Å²) in [6.45, 7) is 3.30. The van der Waals surface area contributed by atoms with E-state index in [9.17, 15) is 0 Å². The van der Waals surface area contributed by atoms with E-state index in [1.807, 2.05) is 6.07 Å². The first-order valence-electron chi connectivity index (χ1n) is 4.76. The van der Waals surface area contributed by atoms with E-state index in [0.29, 0.717) is 6.04 Å². The highest BCUT2D eigenvalue weighted by atomic mass is 35.5. The van der Waals surface area contributed by atoms with Crippen molar-refractivity contribution >= 4 is 11.6 Å². The summed E-state index contributed by atoms with van der Waals surface area (Å²) in [5.74, 6) is 0. The fourth-order valence-corrected chi connectivity index (χ4v) is 2.08. The summed E-state index contributed by atoms with van der Waals surface area (Å²) in [5, 5.41) is 4.32. The lowest BCUT2D eigenvalue weighted by molar-refractivity contribution is 0.568. The van der Waals surface area contributed by atoms with Crippen LogP contribution in [0.5, 0.6) is 0 Å². The van der Waals surface area contributed by atoms with Gasteiger partial charge in [0.15, 0.2) is 0 Å². The predicted molar refractivity (Wildman–Crippen MR) is 56.3 cm³/mol. The molecule has 0 fully saturated rings. The summed E-state index contributed by atoms with van der Waals surface area (Å²) in [4.78, 5) is 0. The molecule has 1 aliphatic rings. The Morgan fingerprint density at radius 1 is 1.38 bits per heavy atom. The van der Waals surface area contributed by atoms with E-state index in [2.05, 4.69) is 24.4 Å². The van der Waals surface area contributed by atoms with Crippen LogP contribution in [-0.2, 0) is 12.8 Å². The summed E-state index contributed by atoms with van der Waals surface area (Å²) < 4.78 is 0. The standard InChI is InChI=1S/C11H14ClN/c1-8-6-10-7-11(12)3-2-9(10)4-5-13-8/h2-3,7-8,13H,4-6H2,1H3. The van der Waals surface area contributed by atoms with Crippen LogP contribution in [0.25, 0.3) is 0 Å². The average Bonchev–Trinajstić information content (AvgIpc) is 2.25. The van der Waals surface area contributed by atoms with Gasteiger partial charge in [-0.1, -0.05) is 17.7 Å². The molecule has 1 unspecified atom stereocenters. The fourth-order valence-electron chi connectivity index (χ4n) is 1.88. The van der Waals surface area contributed by atoms with Crippen LogP contribution in [0.3, 0.4) is 0 Å². The Labute approximate surface area is 84.1 Å². The highest BCUT2D eigenvalue weighted by Gasteiger charge is 2.12. The molecule has 1 aliphatic heterocycles. The molecular formula is C11H14ClN. The number of hydrogen-bond donors (Lipinski definition) is 1. The van der Waals surface area contributed by atoms with Crippen molar-refractivity contribution in [1.82, 2.24) is 5.32 Å². The van der Waals surface area contributed by atoms with E-state index in [-0.39, 0.29) is 0 Å². The number of halogens is 1. The minimum atomic E-state index is 0.569. The van der Waals surface area contributed by atoms with Gasteiger partial charge >= 0.3 is 0 Å². The summed E-state index contributed by atoms with van der Waals surface area (Å²) in [6.07, 6.45) is 2.22. The van der Waals surface area contributed by atoms with Crippen molar-refractivity contribution in [2.45, 2.75) is 25.8 Å². The molecule has 0 aromatic heterocycles. The first kappa shape index (κ1) is 9.04. The van der Waals surface area contributed by atoms with Gasteiger partial charge in [0.05, 0.1) is 0 Å². The molecule has 0 radical (unpaired) electrons. The normalized spacial score (nSPS) is 22.2. The van der Waals surface area contributed by atoms with Crippen LogP contribution in [0, 0.1) is 0 Å². The Morgan fingerprint density at radius 2 is 2.23 bits per heavy atom. The molecule has 1 aromatic rings. The van der Waals surface area contributed by atoms with Crippen molar-refractivity contribution < 1.29 is 0 Å². The maximum Gasteiger partial charge on any atom is 0.0408 e. The molecule has 1 nitrogen and oxygen atoms in total. The zero-order chi connectivity index (χ0) is 9.26. The van der Waals surface area contributed by atoms with Crippen LogP contribution < -0.4 is 5.32 Å². The number of nitrogens with one attached hydrogen (secondary N) is 1. The van der Waals surface area contributed by atoms with Gasteiger partial charge in [-0.15, -0.1) is 0 Å². The van der Waals surface area contributed by atoms with E-state index < -0.39 is 0 Å². The van der Waals surface area contributed by atoms with Gasteiger partial charge in [0.2, 0.25) is 0 Å². The number of rotatable bonds is 0. The second-order valence-corrected chi connectivity index (χ2v) is 4.16. The van der Waals surface area contributed by atoms with Crippen LogP contribution in [-0.4, -0.2) is 12.6 Å². The lowest BCUT2D eigenvalue weighted by atomic mass is 10.0. The monoisotopic (exact) mass is 195 g/mol. The van der Waals surface area contributed by atoms with Crippen molar-refractivity contribution in [2.75, 3.05) is 6.54 Å². The topological polar surface area (TPSA) is 12.0 Å². The van der Waals surface area contributed by atoms with Gasteiger partial charge < -0.3 is 5.32 Å². The highest BCUT2D eigenvalue weighted by molar-refractivity contribution is 6.30. The highest BCUT2D eigenvalue weighted by Crippen LogP contribution is 2.19. The largest absolute Gasteiger partial charge is 0.314 e. The average molecular weight is 196 g/mol. The molecule has 1 heterocycles. The minimum Gasteiger partial charge on any atom is -0.314 e. The molecule has 0 saturated heterocycles. The molecule has 1 atom stereocenters. The number of fused-ring (bicyclic) bond motifs is 1. The molecule has 2 heteroatoms. The smallest absolute Gasteiger partial charge is 0.0408 e. The molecule has 1 N–H and O–H groups in total. The molecule has 1 aromatic carbocycles. The molecule has 13 heavy (non-hydrogen) atoms. The van der Waals surface area contributed by atoms with Crippen LogP contribution in [0.1, 0.15) is 18.1 Å². The summed E-state index contributed by atoms with van der Waals surface area (Å²) in [7, 11) is 0. The molecule has 0 spiro atoms. The van der Waals surface area contributed by atoms with Gasteiger partial charge in [0.25, 0.3) is 0 Å². The van der Waals surface area contributed by atoms with Crippen molar-refractivity contribution in [3.05, 3.63) is 34.3 Å². The SMILES string of the molecule is CC1Cc2cc(Cl)ccc2CCN1. The van der Waals surface area contributed by atoms with Crippen LogP contribution >= 0.6 is 11.6 Å². The van der Waals surface area contributed by atoms with Gasteiger partial charge in [-0.3, -0.25) is 0 Å². The first-order valence-corrected chi connectivity index (χ1v) is 5.14. The van der Waals surface area contributed by atoms with Crippen LogP contribution in [0.4, 0.5) is 0 Å². The Hall–Kier alpha value is -0.530. The third kappa shape index (κ3) is 2.04. The third-order valence-corrected chi connectivity index (χ3v) is 2.82. The lowest BCUT2D eigenvalue weighted by Gasteiger charge is -2.09. The quantitative estimate of drug-likeness (QED) is 0.671. The Balaban J connectivity index is 2.35. The lowest BCUT2D eigenvalue weighted by Crippen LogP contribution is -2.27. The molecule has 0 bridgehead atoms. The van der Waals surface area contributed by atoms with Gasteiger partial charge in [0, 0.05) is 11.1 Å². The predicted octanol–water partition coefficient (Wildman–Crippen LogP) is 2.42. The molecule has 2 rings (SSSR count). The van der Waals surface area contributed by atoms with E-state index in [1.54, 1.807) is 0 Å². The molecule has 0 saturated carbocycles. The van der Waals surface area contributed by atoms with Crippen molar-refractivity contribution in [3.63, 3.8) is 0 Å². The maximum atomic E-state index is 5.96. The Kier molecular flexibility index (Phi) is 2.56. The van der Waals surface area contributed by atoms with Gasteiger partial charge in [-0.2, -0.15) is 0 Å². The summed E-state index contributed by atoms with van der Waals surface area (Å²) in [5.41, 5.74) is 2.85. The molecule has 70 valence electrons. The third-order valence-electron chi connectivity index (χ3n) is 2.58. The van der Waals surface area contributed by atoms with E-state index in [1.165, 1.54) is 11.1 Å². The van der Waals surface area contributed by atoms with Crippen LogP contribution in [0.15, 0.2) is 18.2 Å². The first-order chi connectivity index (χ1) is 6.25. The zero-order valence-corrected chi connectivity index (χ0v) is 8.56. The molecular weight excluding hydrogens is 182 g/mol. The number of hydrogen-bond acceptors (Lipinski definition) is 1. The molecule has 0 aliphatic carbocycles. The van der Waals surface area contributed by atoms with Crippen molar-refractivity contribution in [2.24, 2.45) is 0 Å². The Morgan fingerprint density at radius 3 is 3.08 bits per heavy atom. The van der Waals surface area contributed by atoms with Gasteiger partial charge in [0.1, 0.15) is 0 Å². The van der Waals surface area contributed by atoms with E-state index in [0.717, 1.165) is 24.4 Å². The van der Waals surface area contributed by atoms with E-state index >= 15 is 0 Å². The zero-order valence-electron chi connectivity index (χ0n) is 7.81. The molecule has 0 amide bonds. The van der Waals surface area contributed by atoms with Gasteiger partial charge in [-0.25, -0.2) is 0 Å². The summed E-state index contributed by atoms with van der Waals surface area (Å²) in [6, 6.07) is 6.80. The van der Waals surface area contributed by atoms with Crippen molar-refractivity contribution in [3.8, 4) is 0 Å². The number of benzene rings is 1. The van der Waals surface area contributed by atoms with Crippen LogP contribution in [0.2, 0.25) is 5.02 Å². The minimum absolute atomic E-state index is 0.569. The second-order valence-electron chi connectivity index (χ2n) is 3.72. The second kappa shape index (κ2) is 3.69. The van der Waals surface area contributed by atoms with Crippen molar-refractivity contribution in [1.29, 1.82) is 0 Å². The van der Waals surface area contributed by atoms with E-state index in [4.69, 9.17) is 11.6 Å².